The third-order valence-corrected chi connectivity index (χ3v) is 9.51. The summed E-state index contributed by atoms with van der Waals surface area (Å²) in [6.45, 7) is 6.42. The van der Waals surface area contributed by atoms with Gasteiger partial charge < -0.3 is 20.3 Å². The van der Waals surface area contributed by atoms with Crippen molar-refractivity contribution in [1.29, 1.82) is 0 Å². The molecule has 1 spiro atoms. The highest BCUT2D eigenvalue weighted by molar-refractivity contribution is 6.02. The van der Waals surface area contributed by atoms with Gasteiger partial charge in [-0.1, -0.05) is 63.1 Å². The molecule has 40 heavy (non-hydrogen) atoms. The molecule has 2 N–H and O–H groups in total. The van der Waals surface area contributed by atoms with Crippen LogP contribution in [-0.4, -0.2) is 46.4 Å². The summed E-state index contributed by atoms with van der Waals surface area (Å²) in [5.74, 6) is -2.08. The molecule has 2 aromatic rings. The number of carbonyl (C=O) groups is 3. The van der Waals surface area contributed by atoms with Crippen LogP contribution >= 0.6 is 0 Å². The summed E-state index contributed by atoms with van der Waals surface area (Å²) >= 11 is 0. The largest absolute Gasteiger partial charge is 0.359 e. The van der Waals surface area contributed by atoms with Crippen molar-refractivity contribution in [2.75, 3.05) is 5.32 Å². The van der Waals surface area contributed by atoms with Gasteiger partial charge in [0.2, 0.25) is 17.7 Å². The Morgan fingerprint density at radius 3 is 2.62 bits per heavy atom. The molecule has 4 aliphatic rings. The SMILES string of the molecule is Cc1cccc(NC(=O)[C@H]2[C@H]3C=C[C@@]4(O3)[C@H]2C(=O)N(Cc2ccc(F)cc2)[C@@H]4C(=O)N[C@@H]2CCC[C@@H](C)[C@H]2C)c1. The summed E-state index contributed by atoms with van der Waals surface area (Å²) in [6, 6.07) is 12.5. The summed E-state index contributed by atoms with van der Waals surface area (Å²) in [4.78, 5) is 43.5. The molecule has 3 fully saturated rings. The highest BCUT2D eigenvalue weighted by Crippen LogP contribution is 2.55. The van der Waals surface area contributed by atoms with E-state index in [4.69, 9.17) is 4.74 Å². The monoisotopic (exact) mass is 545 g/mol. The van der Waals surface area contributed by atoms with Gasteiger partial charge in [-0.25, -0.2) is 4.39 Å². The molecule has 2 bridgehead atoms. The van der Waals surface area contributed by atoms with Crippen LogP contribution in [0.5, 0.6) is 0 Å². The molecule has 1 saturated carbocycles. The first kappa shape index (κ1) is 26.7. The van der Waals surface area contributed by atoms with Crippen molar-refractivity contribution in [1.82, 2.24) is 10.2 Å². The molecule has 3 heterocycles. The van der Waals surface area contributed by atoms with Crippen molar-refractivity contribution in [3.05, 3.63) is 77.6 Å². The lowest BCUT2D eigenvalue weighted by Gasteiger charge is -2.38. The number of likely N-dealkylation sites (tertiary alicyclic amines) is 1. The second kappa shape index (κ2) is 10.1. The maximum atomic E-state index is 14.2. The number of hydrogen-bond acceptors (Lipinski definition) is 4. The second-order valence-corrected chi connectivity index (χ2v) is 12.0. The van der Waals surface area contributed by atoms with E-state index < -0.39 is 29.6 Å². The Kier molecular flexibility index (Phi) is 6.77. The molecular weight excluding hydrogens is 509 g/mol. The number of hydrogen-bond donors (Lipinski definition) is 2. The van der Waals surface area contributed by atoms with Crippen molar-refractivity contribution in [2.45, 2.75) is 70.4 Å². The van der Waals surface area contributed by atoms with Crippen LogP contribution in [0.4, 0.5) is 10.1 Å². The quantitative estimate of drug-likeness (QED) is 0.528. The third kappa shape index (κ3) is 4.42. The van der Waals surface area contributed by atoms with E-state index in [2.05, 4.69) is 24.5 Å². The van der Waals surface area contributed by atoms with Crippen molar-refractivity contribution < 1.29 is 23.5 Å². The Balaban J connectivity index is 1.33. The number of anilines is 1. The minimum absolute atomic E-state index is 0.00234. The van der Waals surface area contributed by atoms with Crippen LogP contribution in [0.25, 0.3) is 0 Å². The Hall–Kier alpha value is -3.52. The Bertz CT molecular complexity index is 1360. The van der Waals surface area contributed by atoms with Crippen LogP contribution in [0.15, 0.2) is 60.7 Å². The van der Waals surface area contributed by atoms with Gasteiger partial charge in [0.1, 0.15) is 17.5 Å². The Morgan fingerprint density at radius 1 is 1.10 bits per heavy atom. The van der Waals surface area contributed by atoms with Gasteiger partial charge in [0.25, 0.3) is 0 Å². The molecule has 2 saturated heterocycles. The average molecular weight is 546 g/mol. The van der Waals surface area contributed by atoms with E-state index in [0.29, 0.717) is 23.1 Å². The summed E-state index contributed by atoms with van der Waals surface area (Å²) in [5.41, 5.74) is 1.10. The van der Waals surface area contributed by atoms with Crippen LogP contribution in [0, 0.1) is 36.4 Å². The molecule has 0 radical (unpaired) electrons. The maximum absolute atomic E-state index is 14.2. The van der Waals surface area contributed by atoms with E-state index in [1.54, 1.807) is 12.1 Å². The van der Waals surface area contributed by atoms with Crippen molar-refractivity contribution in [3.63, 3.8) is 0 Å². The van der Waals surface area contributed by atoms with Gasteiger partial charge >= 0.3 is 0 Å². The minimum atomic E-state index is -1.25. The van der Waals surface area contributed by atoms with Crippen LogP contribution in [0.3, 0.4) is 0 Å². The molecule has 6 rings (SSSR count). The molecule has 0 unspecified atom stereocenters. The number of halogens is 1. The van der Waals surface area contributed by atoms with E-state index >= 15 is 0 Å². The molecule has 2 aromatic carbocycles. The zero-order valence-electron chi connectivity index (χ0n) is 23.1. The normalized spacial score (nSPS) is 34.1. The summed E-state index contributed by atoms with van der Waals surface area (Å²) in [7, 11) is 0. The lowest BCUT2D eigenvalue weighted by atomic mass is 9.73. The maximum Gasteiger partial charge on any atom is 0.246 e. The van der Waals surface area contributed by atoms with E-state index in [1.807, 2.05) is 43.3 Å². The van der Waals surface area contributed by atoms with E-state index in [9.17, 15) is 18.8 Å². The predicted molar refractivity (Wildman–Crippen MR) is 148 cm³/mol. The van der Waals surface area contributed by atoms with Crippen LogP contribution < -0.4 is 10.6 Å². The first-order valence-electron chi connectivity index (χ1n) is 14.3. The highest BCUT2D eigenvalue weighted by atomic mass is 19.1. The molecule has 0 aromatic heterocycles. The van der Waals surface area contributed by atoms with Gasteiger partial charge in [-0.15, -0.1) is 0 Å². The molecule has 8 atom stereocenters. The fourth-order valence-electron chi connectivity index (χ4n) is 7.22. The first-order valence-corrected chi connectivity index (χ1v) is 14.3. The lowest BCUT2D eigenvalue weighted by molar-refractivity contribution is -0.142. The van der Waals surface area contributed by atoms with Gasteiger partial charge in [-0.3, -0.25) is 14.4 Å². The molecule has 210 valence electrons. The highest BCUT2D eigenvalue weighted by Gasteiger charge is 2.72. The van der Waals surface area contributed by atoms with Gasteiger partial charge in [-0.05, 0) is 60.6 Å². The van der Waals surface area contributed by atoms with Crippen molar-refractivity contribution >= 4 is 23.4 Å². The number of benzene rings is 2. The van der Waals surface area contributed by atoms with Gasteiger partial charge in [-0.2, -0.15) is 0 Å². The lowest BCUT2D eigenvalue weighted by Crippen LogP contribution is -2.57. The van der Waals surface area contributed by atoms with Gasteiger partial charge in [0.05, 0.1) is 17.9 Å². The van der Waals surface area contributed by atoms with Crippen LogP contribution in [0.2, 0.25) is 0 Å². The fraction of sp³-hybridized carbons (Fsp3) is 0.469. The summed E-state index contributed by atoms with van der Waals surface area (Å²) < 4.78 is 20.1. The number of fused-ring (bicyclic) bond motifs is 1. The Morgan fingerprint density at radius 2 is 1.88 bits per heavy atom. The Labute approximate surface area is 234 Å². The first-order chi connectivity index (χ1) is 19.2. The topological polar surface area (TPSA) is 87.7 Å². The predicted octanol–water partition coefficient (Wildman–Crippen LogP) is 4.36. The minimum Gasteiger partial charge on any atom is -0.359 e. The van der Waals surface area contributed by atoms with E-state index in [0.717, 1.165) is 24.8 Å². The third-order valence-electron chi connectivity index (χ3n) is 9.51. The van der Waals surface area contributed by atoms with E-state index in [1.165, 1.54) is 17.0 Å². The molecular formula is C32H36FN3O4. The number of aryl methyl sites for hydroxylation is 1. The average Bonchev–Trinajstić information content (AvgIpc) is 3.55. The number of carbonyl (C=O) groups excluding carboxylic acids is 3. The van der Waals surface area contributed by atoms with Crippen molar-refractivity contribution in [2.24, 2.45) is 23.7 Å². The van der Waals surface area contributed by atoms with Crippen LogP contribution in [0.1, 0.15) is 44.2 Å². The smallest absolute Gasteiger partial charge is 0.246 e. The zero-order valence-corrected chi connectivity index (χ0v) is 23.1. The van der Waals surface area contributed by atoms with Crippen LogP contribution in [-0.2, 0) is 25.7 Å². The molecule has 7 nitrogen and oxygen atoms in total. The number of ether oxygens (including phenoxy) is 1. The number of rotatable bonds is 6. The standard InChI is InChI=1S/C32H36FN3O4/c1-18-6-4-8-23(16-18)34-29(37)26-25-14-15-32(40-25)27(26)31(39)36(17-21-10-12-22(33)13-11-21)28(32)30(38)35-24-9-5-7-19(2)20(24)3/h4,6,8,10-16,19-20,24-28H,5,7,9,17H2,1-3H3,(H,34,37)(H,35,38)/t19-,20-,24-,25-,26+,27-,28-,32-/m1/s1. The fourth-order valence-corrected chi connectivity index (χ4v) is 7.22. The number of nitrogens with zero attached hydrogens (tertiary/aromatic N) is 1. The second-order valence-electron chi connectivity index (χ2n) is 12.0. The molecule has 8 heteroatoms. The van der Waals surface area contributed by atoms with Crippen molar-refractivity contribution in [3.8, 4) is 0 Å². The molecule has 3 amide bonds. The van der Waals surface area contributed by atoms with E-state index in [-0.39, 0.29) is 36.1 Å². The van der Waals surface area contributed by atoms with Gasteiger partial charge in [0.15, 0.2) is 0 Å². The number of nitrogens with one attached hydrogen (secondary N) is 2. The summed E-state index contributed by atoms with van der Waals surface area (Å²) in [5, 5.41) is 6.22. The number of amides is 3. The van der Waals surface area contributed by atoms with Gasteiger partial charge in [0, 0.05) is 18.3 Å². The molecule has 3 aliphatic heterocycles. The molecule has 1 aliphatic carbocycles. The zero-order chi connectivity index (χ0) is 28.2. The summed E-state index contributed by atoms with van der Waals surface area (Å²) in [6.07, 6.45) is 6.08.